The van der Waals surface area contributed by atoms with Gasteiger partial charge in [0.1, 0.15) is 0 Å². The van der Waals surface area contributed by atoms with Crippen LogP contribution in [0.2, 0.25) is 0 Å². The van der Waals surface area contributed by atoms with Crippen LogP contribution >= 0.6 is 11.8 Å². The summed E-state index contributed by atoms with van der Waals surface area (Å²) in [6.45, 7) is 9.57. The summed E-state index contributed by atoms with van der Waals surface area (Å²) in [5, 5.41) is 3.79. The third kappa shape index (κ3) is 5.09. The van der Waals surface area contributed by atoms with E-state index in [1.165, 1.54) is 56.5 Å². The lowest BCUT2D eigenvalue weighted by Crippen LogP contribution is -2.44. The molecule has 0 aromatic carbocycles. The zero-order chi connectivity index (χ0) is 18.6. The van der Waals surface area contributed by atoms with Crippen LogP contribution in [-0.4, -0.2) is 33.0 Å². The number of amides is 1. The molecule has 1 N–H and O–H groups in total. The Kier molecular flexibility index (Phi) is 7.11. The van der Waals surface area contributed by atoms with Gasteiger partial charge in [-0.05, 0) is 39.5 Å². The van der Waals surface area contributed by atoms with Crippen molar-refractivity contribution in [3.8, 4) is 0 Å². The molecule has 1 fully saturated rings. The fourth-order valence-corrected chi connectivity index (χ4v) is 4.52. The van der Waals surface area contributed by atoms with Gasteiger partial charge < -0.3 is 9.88 Å². The van der Waals surface area contributed by atoms with Crippen LogP contribution in [0.4, 0.5) is 0 Å². The number of imidazole rings is 1. The average molecular weight is 366 g/mol. The molecule has 0 radical (unpaired) electrons. The summed E-state index contributed by atoms with van der Waals surface area (Å²) in [5.74, 6) is 0.287. The molecule has 1 unspecified atom stereocenters. The molecule has 25 heavy (non-hydrogen) atoms. The van der Waals surface area contributed by atoms with Crippen LogP contribution in [0.15, 0.2) is 5.16 Å². The summed E-state index contributed by atoms with van der Waals surface area (Å²) >= 11 is 1.48. The number of hydrogen-bond acceptors (Lipinski definition) is 4. The lowest BCUT2D eigenvalue weighted by atomic mass is 9.95. The summed E-state index contributed by atoms with van der Waals surface area (Å²) in [6.07, 6.45) is 6.23. The van der Waals surface area contributed by atoms with Crippen LogP contribution < -0.4 is 5.32 Å². The van der Waals surface area contributed by atoms with E-state index < -0.39 is 6.04 Å². The van der Waals surface area contributed by atoms with Crippen molar-refractivity contribution in [1.82, 2.24) is 14.9 Å². The number of ketones is 1. The minimum Gasteiger partial charge on any atom is -0.345 e. The monoisotopic (exact) mass is 365 g/mol. The van der Waals surface area contributed by atoms with Gasteiger partial charge >= 0.3 is 0 Å². The number of aromatic nitrogens is 2. The molecule has 1 amide bonds. The highest BCUT2D eigenvalue weighted by Gasteiger charge is 2.24. The largest absolute Gasteiger partial charge is 0.345 e. The zero-order valence-corrected chi connectivity index (χ0v) is 16.9. The van der Waals surface area contributed by atoms with Gasteiger partial charge in [0.2, 0.25) is 5.91 Å². The molecule has 0 spiro atoms. The van der Waals surface area contributed by atoms with Crippen molar-refractivity contribution < 1.29 is 9.59 Å². The van der Waals surface area contributed by atoms with Crippen LogP contribution in [0.3, 0.4) is 0 Å². The molecule has 1 aromatic heterocycles. The average Bonchev–Trinajstić information content (AvgIpc) is 2.85. The van der Waals surface area contributed by atoms with E-state index in [1.54, 1.807) is 0 Å². The number of nitrogens with zero attached hydrogens (tertiary/aromatic N) is 2. The Bertz CT molecular complexity index is 618. The molecule has 6 heteroatoms. The molecule has 1 saturated carbocycles. The maximum absolute atomic E-state index is 12.3. The normalized spacial score (nSPS) is 16.9. The molecule has 1 aromatic rings. The summed E-state index contributed by atoms with van der Waals surface area (Å²) < 4.78 is 2.33. The van der Waals surface area contributed by atoms with Crippen molar-refractivity contribution in [3.63, 3.8) is 0 Å². The van der Waals surface area contributed by atoms with Crippen molar-refractivity contribution in [3.05, 3.63) is 11.4 Å². The van der Waals surface area contributed by atoms with Crippen LogP contribution in [0.5, 0.6) is 0 Å². The smallest absolute Gasteiger partial charge is 0.231 e. The highest BCUT2D eigenvalue weighted by molar-refractivity contribution is 7.99. The van der Waals surface area contributed by atoms with Crippen LogP contribution in [0.25, 0.3) is 0 Å². The molecule has 1 heterocycles. The fourth-order valence-electron chi connectivity index (χ4n) is 3.55. The Labute approximate surface area is 155 Å². The maximum Gasteiger partial charge on any atom is 0.231 e. The van der Waals surface area contributed by atoms with Gasteiger partial charge in [-0.25, -0.2) is 4.98 Å². The second-order valence-corrected chi connectivity index (χ2v) is 8.36. The summed E-state index contributed by atoms with van der Waals surface area (Å²) in [4.78, 5) is 28.6. The Morgan fingerprint density at radius 1 is 1.24 bits per heavy atom. The van der Waals surface area contributed by atoms with Crippen molar-refractivity contribution in [2.75, 3.05) is 5.75 Å². The molecular formula is C19H31N3O2S. The van der Waals surface area contributed by atoms with Crippen LogP contribution in [0.1, 0.15) is 70.3 Å². The van der Waals surface area contributed by atoms with E-state index in [9.17, 15) is 9.59 Å². The highest BCUT2D eigenvalue weighted by Crippen LogP contribution is 2.34. The topological polar surface area (TPSA) is 64.0 Å². The standard InChI is InChI=1S/C19H31N3O2S/c1-12(2)18(15(5)23)21-17(24)11-25-19-20-13(3)14(4)22(19)16-9-7-6-8-10-16/h12,16,18H,6-11H2,1-5H3,(H,21,24). The third-order valence-electron chi connectivity index (χ3n) is 5.05. The number of nitrogens with one attached hydrogen (secondary N) is 1. The van der Waals surface area contributed by atoms with E-state index in [0.29, 0.717) is 11.8 Å². The SMILES string of the molecule is CC(=O)C(NC(=O)CSc1nc(C)c(C)n1C1CCCCC1)C(C)C. The Balaban J connectivity index is 2.04. The van der Waals surface area contributed by atoms with E-state index in [2.05, 4.69) is 21.8 Å². The minimum absolute atomic E-state index is 0.00347. The number of hydrogen-bond donors (Lipinski definition) is 1. The van der Waals surface area contributed by atoms with Crippen molar-refractivity contribution in [2.24, 2.45) is 5.92 Å². The van der Waals surface area contributed by atoms with E-state index in [1.807, 2.05) is 20.8 Å². The number of aryl methyl sites for hydroxylation is 1. The van der Waals surface area contributed by atoms with E-state index in [-0.39, 0.29) is 17.6 Å². The number of carbonyl (C=O) groups is 2. The molecule has 1 atom stereocenters. The predicted molar refractivity (Wildman–Crippen MR) is 102 cm³/mol. The van der Waals surface area contributed by atoms with Gasteiger partial charge in [0.25, 0.3) is 0 Å². The maximum atomic E-state index is 12.3. The number of Topliss-reactive ketones (excluding diaryl/α,β-unsaturated/α-hetero) is 1. The molecule has 0 saturated heterocycles. The van der Waals surface area contributed by atoms with Gasteiger partial charge in [0, 0.05) is 11.7 Å². The van der Waals surface area contributed by atoms with Gasteiger partial charge in [-0.1, -0.05) is 44.9 Å². The minimum atomic E-state index is -0.408. The molecule has 0 bridgehead atoms. The second kappa shape index (κ2) is 8.88. The molecular weight excluding hydrogens is 334 g/mol. The zero-order valence-electron chi connectivity index (χ0n) is 16.1. The fraction of sp³-hybridized carbons (Fsp3) is 0.737. The van der Waals surface area contributed by atoms with Crippen LogP contribution in [0, 0.1) is 19.8 Å². The number of rotatable bonds is 7. The Hall–Kier alpha value is -1.30. The molecule has 140 valence electrons. The first-order chi connectivity index (χ1) is 11.8. The van der Waals surface area contributed by atoms with Crippen molar-refractivity contribution in [2.45, 2.75) is 84.0 Å². The number of thioether (sulfide) groups is 1. The van der Waals surface area contributed by atoms with Crippen molar-refractivity contribution in [1.29, 1.82) is 0 Å². The van der Waals surface area contributed by atoms with Gasteiger partial charge in [-0.15, -0.1) is 0 Å². The Morgan fingerprint density at radius 3 is 2.44 bits per heavy atom. The molecule has 1 aliphatic carbocycles. The van der Waals surface area contributed by atoms with Crippen LogP contribution in [-0.2, 0) is 9.59 Å². The van der Waals surface area contributed by atoms with E-state index >= 15 is 0 Å². The number of carbonyl (C=O) groups excluding carboxylic acids is 2. The summed E-state index contributed by atoms with van der Waals surface area (Å²) in [6, 6.07) is 0.0933. The first-order valence-electron chi connectivity index (χ1n) is 9.29. The summed E-state index contributed by atoms with van der Waals surface area (Å²) in [5.41, 5.74) is 2.25. The van der Waals surface area contributed by atoms with Gasteiger partial charge in [0.15, 0.2) is 10.9 Å². The second-order valence-electron chi connectivity index (χ2n) is 7.42. The Morgan fingerprint density at radius 2 is 1.88 bits per heavy atom. The third-order valence-corrected chi connectivity index (χ3v) is 6.00. The first kappa shape index (κ1) is 20.0. The van der Waals surface area contributed by atoms with Gasteiger partial charge in [-0.2, -0.15) is 0 Å². The lowest BCUT2D eigenvalue weighted by Gasteiger charge is -2.26. The summed E-state index contributed by atoms with van der Waals surface area (Å²) in [7, 11) is 0. The van der Waals surface area contributed by atoms with E-state index in [0.717, 1.165) is 10.9 Å². The predicted octanol–water partition coefficient (Wildman–Crippen LogP) is 3.83. The molecule has 0 aliphatic heterocycles. The quantitative estimate of drug-likeness (QED) is 0.746. The van der Waals surface area contributed by atoms with Gasteiger partial charge in [-0.3, -0.25) is 9.59 Å². The molecule has 5 nitrogen and oxygen atoms in total. The molecule has 2 rings (SSSR count). The van der Waals surface area contributed by atoms with Crippen molar-refractivity contribution >= 4 is 23.5 Å². The molecule has 1 aliphatic rings. The van der Waals surface area contributed by atoms with Gasteiger partial charge in [0.05, 0.1) is 17.5 Å². The van der Waals surface area contributed by atoms with E-state index in [4.69, 9.17) is 0 Å². The lowest BCUT2D eigenvalue weighted by molar-refractivity contribution is -0.126. The highest BCUT2D eigenvalue weighted by atomic mass is 32.2. The first-order valence-corrected chi connectivity index (χ1v) is 10.3.